The van der Waals surface area contributed by atoms with Crippen molar-refractivity contribution < 1.29 is 14.3 Å². The van der Waals surface area contributed by atoms with Crippen LogP contribution in [0.25, 0.3) is 10.2 Å². The normalized spacial score (nSPS) is 12.9. The lowest BCUT2D eigenvalue weighted by molar-refractivity contribution is -0.125. The molecule has 0 aliphatic heterocycles. The number of aromatic nitrogens is 1. The summed E-state index contributed by atoms with van der Waals surface area (Å²) in [5, 5.41) is 11.9. The van der Waals surface area contributed by atoms with Gasteiger partial charge in [0.25, 0.3) is 5.91 Å². The molecule has 0 saturated carbocycles. The predicted molar refractivity (Wildman–Crippen MR) is 123 cm³/mol. The number of thiazole rings is 1. The van der Waals surface area contributed by atoms with Crippen LogP contribution in [0.1, 0.15) is 36.7 Å². The van der Waals surface area contributed by atoms with E-state index in [-0.39, 0.29) is 5.92 Å². The number of rotatable bonds is 8. The molecule has 0 saturated heterocycles. The fraction of sp³-hybridized carbons (Fsp3) is 0.304. The minimum Gasteiger partial charge on any atom is -0.452 e. The van der Waals surface area contributed by atoms with Crippen LogP contribution in [0, 0.1) is 17.2 Å². The van der Waals surface area contributed by atoms with Crippen molar-refractivity contribution in [2.75, 3.05) is 6.61 Å². The van der Waals surface area contributed by atoms with Gasteiger partial charge in [0, 0.05) is 5.75 Å². The SMILES string of the molecule is CC(C)[C@](C)(C#N)NC(=O)COC(=O)c1ccc(CSc2nc3ccccc3s2)cc1. The van der Waals surface area contributed by atoms with Gasteiger partial charge in [0.15, 0.2) is 10.9 Å². The number of thioether (sulfide) groups is 1. The maximum absolute atomic E-state index is 12.2. The summed E-state index contributed by atoms with van der Waals surface area (Å²) in [4.78, 5) is 28.9. The Balaban J connectivity index is 1.50. The standard InChI is InChI=1S/C23H23N3O3S2/c1-15(2)23(3,14-24)26-20(27)12-29-21(28)17-10-8-16(9-11-17)13-30-22-25-18-6-4-5-7-19(18)31-22/h4-11,15H,12-13H2,1-3H3,(H,26,27)/t23-/m0/s1. The number of ether oxygens (including phenoxy) is 1. The van der Waals surface area contributed by atoms with Gasteiger partial charge in [-0.25, -0.2) is 9.78 Å². The zero-order chi connectivity index (χ0) is 22.4. The highest BCUT2D eigenvalue weighted by molar-refractivity contribution is 8.00. The summed E-state index contributed by atoms with van der Waals surface area (Å²) in [6.45, 7) is 4.89. The third-order valence-corrected chi connectivity index (χ3v) is 7.20. The van der Waals surface area contributed by atoms with Crippen LogP contribution in [-0.2, 0) is 15.3 Å². The number of benzene rings is 2. The molecule has 160 valence electrons. The van der Waals surface area contributed by atoms with E-state index in [1.807, 2.05) is 44.2 Å². The molecule has 1 amide bonds. The average Bonchev–Trinajstić information content (AvgIpc) is 3.19. The Kier molecular flexibility index (Phi) is 7.31. The Labute approximate surface area is 189 Å². The van der Waals surface area contributed by atoms with Crippen molar-refractivity contribution in [3.8, 4) is 6.07 Å². The second kappa shape index (κ2) is 9.94. The van der Waals surface area contributed by atoms with Crippen molar-refractivity contribution >= 4 is 45.2 Å². The van der Waals surface area contributed by atoms with Crippen LogP contribution >= 0.6 is 23.1 Å². The van der Waals surface area contributed by atoms with Crippen LogP contribution in [0.5, 0.6) is 0 Å². The van der Waals surface area contributed by atoms with Crippen LogP contribution in [0.15, 0.2) is 52.9 Å². The van der Waals surface area contributed by atoms with Crippen molar-refractivity contribution in [3.05, 3.63) is 59.7 Å². The third-order valence-electron chi connectivity index (χ3n) is 4.95. The molecule has 0 aliphatic carbocycles. The van der Waals surface area contributed by atoms with Gasteiger partial charge < -0.3 is 10.1 Å². The Bertz CT molecular complexity index is 1090. The van der Waals surface area contributed by atoms with E-state index in [0.717, 1.165) is 25.9 Å². The van der Waals surface area contributed by atoms with Gasteiger partial charge in [0.1, 0.15) is 5.54 Å². The van der Waals surface area contributed by atoms with Gasteiger partial charge >= 0.3 is 5.97 Å². The first-order chi connectivity index (χ1) is 14.8. The first-order valence-electron chi connectivity index (χ1n) is 9.77. The number of nitriles is 1. The van der Waals surface area contributed by atoms with E-state index in [0.29, 0.717) is 5.56 Å². The van der Waals surface area contributed by atoms with Crippen molar-refractivity contribution in [1.82, 2.24) is 10.3 Å². The van der Waals surface area contributed by atoms with Crippen LogP contribution in [0.4, 0.5) is 0 Å². The highest BCUT2D eigenvalue weighted by Crippen LogP contribution is 2.31. The molecule has 0 unspecified atom stereocenters. The Morgan fingerprint density at radius 1 is 1.23 bits per heavy atom. The molecule has 0 fully saturated rings. The lowest BCUT2D eigenvalue weighted by Gasteiger charge is -2.27. The predicted octanol–water partition coefficient (Wildman–Crippen LogP) is 4.80. The lowest BCUT2D eigenvalue weighted by Crippen LogP contribution is -2.50. The second-order valence-electron chi connectivity index (χ2n) is 7.53. The smallest absolute Gasteiger partial charge is 0.338 e. The molecule has 3 aromatic rings. The molecule has 1 N–H and O–H groups in total. The molecule has 8 heteroatoms. The maximum atomic E-state index is 12.2. The average molecular weight is 454 g/mol. The number of carbonyl (C=O) groups is 2. The molecule has 31 heavy (non-hydrogen) atoms. The number of para-hydroxylation sites is 1. The third kappa shape index (κ3) is 5.84. The number of nitrogens with one attached hydrogen (secondary N) is 1. The van der Waals surface area contributed by atoms with E-state index >= 15 is 0 Å². The summed E-state index contributed by atoms with van der Waals surface area (Å²) < 4.78 is 7.25. The zero-order valence-corrected chi connectivity index (χ0v) is 19.2. The van der Waals surface area contributed by atoms with Crippen molar-refractivity contribution in [2.24, 2.45) is 5.92 Å². The van der Waals surface area contributed by atoms with Gasteiger partial charge in [-0.3, -0.25) is 4.79 Å². The molecule has 1 atom stereocenters. The first kappa shape index (κ1) is 22.8. The molecule has 3 rings (SSSR count). The van der Waals surface area contributed by atoms with Gasteiger partial charge in [-0.2, -0.15) is 5.26 Å². The molecule has 1 heterocycles. The fourth-order valence-corrected chi connectivity index (χ4v) is 4.66. The largest absolute Gasteiger partial charge is 0.452 e. The van der Waals surface area contributed by atoms with Crippen molar-refractivity contribution in [2.45, 2.75) is 36.4 Å². The quantitative estimate of drug-likeness (QED) is 0.389. The summed E-state index contributed by atoms with van der Waals surface area (Å²) in [6.07, 6.45) is 0. The highest BCUT2D eigenvalue weighted by Gasteiger charge is 2.30. The zero-order valence-electron chi connectivity index (χ0n) is 17.5. The van der Waals surface area contributed by atoms with Gasteiger partial charge in [-0.05, 0) is 42.7 Å². The van der Waals surface area contributed by atoms with E-state index in [1.54, 1.807) is 42.2 Å². The molecule has 0 radical (unpaired) electrons. The Morgan fingerprint density at radius 3 is 2.58 bits per heavy atom. The van der Waals surface area contributed by atoms with Gasteiger partial charge in [0.2, 0.25) is 0 Å². The van der Waals surface area contributed by atoms with Crippen LogP contribution in [0.3, 0.4) is 0 Å². The number of hydrogen-bond donors (Lipinski definition) is 1. The van der Waals surface area contributed by atoms with Gasteiger partial charge in [-0.1, -0.05) is 49.9 Å². The summed E-state index contributed by atoms with van der Waals surface area (Å²) in [7, 11) is 0. The number of nitrogens with zero attached hydrogens (tertiary/aromatic N) is 2. The number of esters is 1. The number of amides is 1. The fourth-order valence-electron chi connectivity index (χ4n) is 2.64. The second-order valence-corrected chi connectivity index (χ2v) is 9.78. The number of carbonyl (C=O) groups excluding carboxylic acids is 2. The minimum absolute atomic E-state index is 0.0784. The molecule has 0 spiro atoms. The molecular weight excluding hydrogens is 430 g/mol. The van der Waals surface area contributed by atoms with E-state index in [4.69, 9.17) is 4.74 Å². The molecular formula is C23H23N3O3S2. The van der Waals surface area contributed by atoms with Crippen molar-refractivity contribution in [3.63, 3.8) is 0 Å². The van der Waals surface area contributed by atoms with Crippen LogP contribution in [-0.4, -0.2) is 29.0 Å². The lowest BCUT2D eigenvalue weighted by atomic mass is 9.90. The summed E-state index contributed by atoms with van der Waals surface area (Å²) in [6, 6.07) is 17.2. The Hall–Kier alpha value is -2.89. The monoisotopic (exact) mass is 453 g/mol. The van der Waals surface area contributed by atoms with E-state index in [1.165, 1.54) is 0 Å². The van der Waals surface area contributed by atoms with Gasteiger partial charge in [-0.15, -0.1) is 11.3 Å². The molecule has 0 aliphatic rings. The summed E-state index contributed by atoms with van der Waals surface area (Å²) in [5.74, 6) is -0.427. The maximum Gasteiger partial charge on any atom is 0.338 e. The number of hydrogen-bond acceptors (Lipinski definition) is 7. The van der Waals surface area contributed by atoms with E-state index in [9.17, 15) is 14.9 Å². The first-order valence-corrected chi connectivity index (χ1v) is 11.6. The summed E-state index contributed by atoms with van der Waals surface area (Å²) >= 11 is 3.31. The Morgan fingerprint density at radius 2 is 1.94 bits per heavy atom. The molecule has 6 nitrogen and oxygen atoms in total. The molecule has 2 aromatic carbocycles. The molecule has 1 aromatic heterocycles. The minimum atomic E-state index is -1.01. The summed E-state index contributed by atoms with van der Waals surface area (Å²) in [5.41, 5.74) is 1.42. The van der Waals surface area contributed by atoms with Crippen molar-refractivity contribution in [1.29, 1.82) is 5.26 Å². The number of fused-ring (bicyclic) bond motifs is 1. The highest BCUT2D eigenvalue weighted by atomic mass is 32.2. The van der Waals surface area contributed by atoms with Crippen LogP contribution < -0.4 is 5.32 Å². The van der Waals surface area contributed by atoms with Crippen LogP contribution in [0.2, 0.25) is 0 Å². The van der Waals surface area contributed by atoms with E-state index < -0.39 is 24.0 Å². The van der Waals surface area contributed by atoms with E-state index in [2.05, 4.69) is 22.4 Å². The molecule has 0 bridgehead atoms. The topological polar surface area (TPSA) is 92.1 Å². The van der Waals surface area contributed by atoms with Gasteiger partial charge in [0.05, 0.1) is 21.8 Å².